The number of halogens is 2. The molecule has 0 saturated carbocycles. The molecule has 1 aromatic rings. The Hall–Kier alpha value is -0.240. The number of rotatable bonds is 6. The Morgan fingerprint density at radius 2 is 1.00 bits per heavy atom. The normalized spacial score (nSPS) is 11.0. The third-order valence-corrected chi connectivity index (χ3v) is 4.21. The Bertz CT molecular complexity index is 293. The van der Waals surface area contributed by atoms with Crippen LogP contribution in [0.3, 0.4) is 0 Å². The molecule has 1 rings (SSSR count). The van der Waals surface area contributed by atoms with Crippen molar-refractivity contribution in [1.29, 1.82) is 0 Å². The number of benzene rings is 1. The van der Waals surface area contributed by atoms with Crippen LogP contribution in [0.25, 0.3) is 0 Å². The maximum Gasteiger partial charge on any atom is 0.0687 e. The van der Waals surface area contributed by atoms with Gasteiger partial charge in [-0.25, -0.2) is 0 Å². The molecule has 1 N–H and O–H groups in total. The van der Waals surface area contributed by atoms with E-state index in [1.807, 2.05) is 0 Å². The van der Waals surface area contributed by atoms with Crippen LogP contribution in [0, 0.1) is 0 Å². The number of aliphatic hydroxyl groups excluding tert-OH is 1. The lowest BCUT2D eigenvalue weighted by molar-refractivity contribution is 0.279. The lowest BCUT2D eigenvalue weighted by atomic mass is 9.85. The van der Waals surface area contributed by atoms with Gasteiger partial charge < -0.3 is 5.11 Å². The standard InChI is InChI=1S/C15H22Cl2O/c1-4-10-13(7-16)11(5-2)15(9-18)12(6-3)14(10)8-17/h18H,4-9H2,1-3H3. The molecular formula is C15H22Cl2O. The monoisotopic (exact) mass is 288 g/mol. The molecule has 0 unspecified atom stereocenters. The molecule has 0 spiro atoms. The summed E-state index contributed by atoms with van der Waals surface area (Å²) in [7, 11) is 0. The van der Waals surface area contributed by atoms with E-state index in [9.17, 15) is 5.11 Å². The van der Waals surface area contributed by atoms with E-state index in [2.05, 4.69) is 20.8 Å². The average molecular weight is 289 g/mol. The van der Waals surface area contributed by atoms with Crippen molar-refractivity contribution in [2.75, 3.05) is 0 Å². The highest BCUT2D eigenvalue weighted by Crippen LogP contribution is 2.32. The van der Waals surface area contributed by atoms with E-state index in [0.29, 0.717) is 11.8 Å². The summed E-state index contributed by atoms with van der Waals surface area (Å²) >= 11 is 12.2. The van der Waals surface area contributed by atoms with Gasteiger partial charge in [0, 0.05) is 11.8 Å². The SMILES string of the molecule is CCc1c(CO)c(CC)c(CCl)c(CC)c1CCl. The first-order chi connectivity index (χ1) is 8.69. The van der Waals surface area contributed by atoms with Crippen LogP contribution in [0.15, 0.2) is 0 Å². The molecule has 102 valence electrons. The van der Waals surface area contributed by atoms with Crippen LogP contribution < -0.4 is 0 Å². The summed E-state index contributed by atoms with van der Waals surface area (Å²) in [6.45, 7) is 6.44. The summed E-state index contributed by atoms with van der Waals surface area (Å²) in [6.07, 6.45) is 2.75. The van der Waals surface area contributed by atoms with Gasteiger partial charge in [0.15, 0.2) is 0 Å². The van der Waals surface area contributed by atoms with Crippen LogP contribution >= 0.6 is 23.2 Å². The number of alkyl halides is 2. The van der Waals surface area contributed by atoms with Crippen LogP contribution in [0.5, 0.6) is 0 Å². The number of aliphatic hydroxyl groups is 1. The quantitative estimate of drug-likeness (QED) is 0.772. The second-order valence-corrected chi connectivity index (χ2v) is 4.89. The zero-order valence-corrected chi connectivity index (χ0v) is 13.0. The average Bonchev–Trinajstić information content (AvgIpc) is 2.43. The first kappa shape index (κ1) is 15.8. The third kappa shape index (κ3) is 2.68. The van der Waals surface area contributed by atoms with E-state index in [0.717, 1.165) is 24.8 Å². The van der Waals surface area contributed by atoms with Gasteiger partial charge in [-0.1, -0.05) is 20.8 Å². The Balaban J connectivity index is 3.71. The van der Waals surface area contributed by atoms with E-state index in [4.69, 9.17) is 23.2 Å². The molecule has 0 atom stereocenters. The fourth-order valence-electron chi connectivity index (χ4n) is 2.89. The first-order valence-electron chi connectivity index (χ1n) is 6.59. The molecule has 0 heterocycles. The van der Waals surface area contributed by atoms with Crippen molar-refractivity contribution < 1.29 is 5.11 Å². The van der Waals surface area contributed by atoms with Gasteiger partial charge in [0.1, 0.15) is 0 Å². The van der Waals surface area contributed by atoms with Crippen LogP contribution in [-0.2, 0) is 37.6 Å². The zero-order chi connectivity index (χ0) is 13.7. The summed E-state index contributed by atoms with van der Waals surface area (Å²) in [5.74, 6) is 0.987. The molecule has 0 aliphatic rings. The predicted molar refractivity (Wildman–Crippen MR) is 79.6 cm³/mol. The summed E-state index contributed by atoms with van der Waals surface area (Å²) < 4.78 is 0. The Morgan fingerprint density at radius 3 is 1.22 bits per heavy atom. The Kier molecular flexibility index (Phi) is 6.48. The molecule has 18 heavy (non-hydrogen) atoms. The predicted octanol–water partition coefficient (Wildman–Crippen LogP) is 4.34. The fourth-order valence-corrected chi connectivity index (χ4v) is 3.53. The number of hydrogen-bond acceptors (Lipinski definition) is 1. The molecular weight excluding hydrogens is 267 g/mol. The van der Waals surface area contributed by atoms with Crippen molar-refractivity contribution in [2.45, 2.75) is 58.4 Å². The van der Waals surface area contributed by atoms with Crippen LogP contribution in [0.1, 0.15) is 54.2 Å². The zero-order valence-electron chi connectivity index (χ0n) is 11.4. The van der Waals surface area contributed by atoms with Gasteiger partial charge in [-0.2, -0.15) is 0 Å². The van der Waals surface area contributed by atoms with Gasteiger partial charge >= 0.3 is 0 Å². The third-order valence-electron chi connectivity index (χ3n) is 3.67. The molecule has 0 radical (unpaired) electrons. The van der Waals surface area contributed by atoms with Gasteiger partial charge in [0.25, 0.3) is 0 Å². The summed E-state index contributed by atoms with van der Waals surface area (Å²) in [6, 6.07) is 0. The van der Waals surface area contributed by atoms with Crippen LogP contribution in [0.2, 0.25) is 0 Å². The van der Waals surface area contributed by atoms with Gasteiger partial charge in [-0.15, -0.1) is 23.2 Å². The maximum atomic E-state index is 9.68. The van der Waals surface area contributed by atoms with Crippen molar-refractivity contribution in [3.05, 3.63) is 33.4 Å². The van der Waals surface area contributed by atoms with Gasteiger partial charge in [-0.3, -0.25) is 0 Å². The molecule has 0 aliphatic heterocycles. The Labute approximate surface area is 120 Å². The summed E-state index contributed by atoms with van der Waals surface area (Å²) in [5.41, 5.74) is 7.12. The summed E-state index contributed by atoms with van der Waals surface area (Å²) in [5, 5.41) is 9.68. The molecule has 0 saturated heterocycles. The minimum atomic E-state index is 0.0735. The van der Waals surface area contributed by atoms with Crippen molar-refractivity contribution in [3.63, 3.8) is 0 Å². The maximum absolute atomic E-state index is 9.68. The molecule has 0 fully saturated rings. The van der Waals surface area contributed by atoms with Gasteiger partial charge in [0.2, 0.25) is 0 Å². The highest BCUT2D eigenvalue weighted by molar-refractivity contribution is 6.18. The highest BCUT2D eigenvalue weighted by atomic mass is 35.5. The van der Waals surface area contributed by atoms with E-state index < -0.39 is 0 Å². The molecule has 0 aromatic heterocycles. The molecule has 1 aromatic carbocycles. The van der Waals surface area contributed by atoms with Crippen LogP contribution in [-0.4, -0.2) is 5.11 Å². The summed E-state index contributed by atoms with van der Waals surface area (Å²) in [4.78, 5) is 0. The number of hydrogen-bond donors (Lipinski definition) is 1. The second kappa shape index (κ2) is 7.37. The van der Waals surface area contributed by atoms with Crippen molar-refractivity contribution in [1.82, 2.24) is 0 Å². The highest BCUT2D eigenvalue weighted by Gasteiger charge is 2.19. The molecule has 3 heteroatoms. The second-order valence-electron chi connectivity index (χ2n) is 4.36. The lowest BCUT2D eigenvalue weighted by Crippen LogP contribution is -2.11. The van der Waals surface area contributed by atoms with Crippen LogP contribution in [0.4, 0.5) is 0 Å². The first-order valence-corrected chi connectivity index (χ1v) is 7.66. The van der Waals surface area contributed by atoms with E-state index >= 15 is 0 Å². The molecule has 0 amide bonds. The largest absolute Gasteiger partial charge is 0.392 e. The topological polar surface area (TPSA) is 20.2 Å². The van der Waals surface area contributed by atoms with Gasteiger partial charge in [-0.05, 0) is 52.6 Å². The van der Waals surface area contributed by atoms with E-state index in [1.165, 1.54) is 27.8 Å². The van der Waals surface area contributed by atoms with E-state index in [1.54, 1.807) is 0 Å². The fraction of sp³-hybridized carbons (Fsp3) is 0.600. The van der Waals surface area contributed by atoms with Gasteiger partial charge in [0.05, 0.1) is 6.61 Å². The molecule has 0 aliphatic carbocycles. The minimum Gasteiger partial charge on any atom is -0.392 e. The minimum absolute atomic E-state index is 0.0735. The van der Waals surface area contributed by atoms with E-state index in [-0.39, 0.29) is 6.61 Å². The van der Waals surface area contributed by atoms with Crippen molar-refractivity contribution in [2.24, 2.45) is 0 Å². The lowest BCUT2D eigenvalue weighted by Gasteiger charge is -2.23. The Morgan fingerprint density at radius 1 is 0.667 bits per heavy atom. The van der Waals surface area contributed by atoms with Crippen molar-refractivity contribution in [3.8, 4) is 0 Å². The van der Waals surface area contributed by atoms with Crippen molar-refractivity contribution >= 4 is 23.2 Å². The molecule has 1 nitrogen and oxygen atoms in total. The smallest absolute Gasteiger partial charge is 0.0687 e. The molecule has 0 bridgehead atoms.